The second-order valence-electron chi connectivity index (χ2n) is 8.63. The number of hydrogen-bond donors (Lipinski definition) is 0. The Balaban J connectivity index is 1.49. The van der Waals surface area contributed by atoms with E-state index in [1.165, 1.54) is 10.9 Å². The summed E-state index contributed by atoms with van der Waals surface area (Å²) in [6, 6.07) is 8.06. The lowest BCUT2D eigenvalue weighted by Gasteiger charge is -2.37. The van der Waals surface area contributed by atoms with Crippen molar-refractivity contribution in [3.8, 4) is 5.75 Å². The number of carbonyl (C=O) groups is 2. The number of fused-ring (bicyclic) bond motifs is 1. The first kappa shape index (κ1) is 22.8. The highest BCUT2D eigenvalue weighted by atomic mass is 32.1. The smallest absolute Gasteiger partial charge is 0.242 e. The molecule has 2 amide bonds. The van der Waals surface area contributed by atoms with Gasteiger partial charge in [-0.15, -0.1) is 11.3 Å². The highest BCUT2D eigenvalue weighted by Crippen LogP contribution is 2.34. The van der Waals surface area contributed by atoms with Crippen molar-refractivity contribution in [1.29, 1.82) is 0 Å². The molecule has 0 radical (unpaired) electrons. The first-order valence-electron chi connectivity index (χ1n) is 11.6. The highest BCUT2D eigenvalue weighted by molar-refractivity contribution is 7.10. The topological polar surface area (TPSA) is 49.9 Å². The van der Waals surface area contributed by atoms with E-state index in [1.54, 1.807) is 34.4 Å². The van der Waals surface area contributed by atoms with Crippen molar-refractivity contribution in [3.05, 3.63) is 52.0 Å². The largest absolute Gasteiger partial charge is 0.488 e. The predicted octanol–water partition coefficient (Wildman–Crippen LogP) is 4.82. The highest BCUT2D eigenvalue weighted by Gasteiger charge is 2.35. The Morgan fingerprint density at radius 2 is 2.00 bits per heavy atom. The molecule has 0 saturated heterocycles. The Kier molecular flexibility index (Phi) is 7.45. The zero-order chi connectivity index (χ0) is 22.5. The lowest BCUT2D eigenvalue weighted by molar-refractivity contribution is -0.144. The van der Waals surface area contributed by atoms with Crippen molar-refractivity contribution < 1.29 is 18.7 Å². The molecule has 0 bridgehead atoms. The molecule has 1 aromatic carbocycles. The van der Waals surface area contributed by atoms with Crippen LogP contribution in [0, 0.1) is 11.7 Å². The van der Waals surface area contributed by atoms with Gasteiger partial charge < -0.3 is 14.5 Å². The van der Waals surface area contributed by atoms with Crippen molar-refractivity contribution >= 4 is 23.2 Å². The summed E-state index contributed by atoms with van der Waals surface area (Å²) in [5.41, 5.74) is 1.06. The van der Waals surface area contributed by atoms with Crippen LogP contribution in [0.15, 0.2) is 35.7 Å². The van der Waals surface area contributed by atoms with Gasteiger partial charge >= 0.3 is 0 Å². The van der Waals surface area contributed by atoms with E-state index in [2.05, 4.69) is 0 Å². The summed E-state index contributed by atoms with van der Waals surface area (Å²) < 4.78 is 19.9. The zero-order valence-corrected chi connectivity index (χ0v) is 19.4. The third kappa shape index (κ3) is 4.98. The van der Waals surface area contributed by atoms with Crippen molar-refractivity contribution in [1.82, 2.24) is 9.80 Å². The van der Waals surface area contributed by atoms with Crippen LogP contribution in [-0.2, 0) is 16.0 Å². The number of carbonyl (C=O) groups excluding carboxylic acids is 2. The third-order valence-corrected chi connectivity index (χ3v) is 7.48. The number of hydrogen-bond acceptors (Lipinski definition) is 4. The van der Waals surface area contributed by atoms with Crippen LogP contribution in [0.2, 0.25) is 0 Å². The molecule has 32 heavy (non-hydrogen) atoms. The molecule has 0 spiro atoms. The molecule has 2 aromatic rings. The molecule has 7 heteroatoms. The molecule has 1 saturated carbocycles. The minimum atomic E-state index is -0.414. The van der Waals surface area contributed by atoms with Gasteiger partial charge in [-0.25, -0.2) is 4.39 Å². The van der Waals surface area contributed by atoms with Gasteiger partial charge in [-0.2, -0.15) is 0 Å². The van der Waals surface area contributed by atoms with Crippen LogP contribution >= 0.6 is 11.3 Å². The van der Waals surface area contributed by atoms with Crippen LogP contribution in [0.3, 0.4) is 0 Å². The van der Waals surface area contributed by atoms with Gasteiger partial charge in [-0.1, -0.05) is 31.9 Å². The molecular weight excluding hydrogens is 427 g/mol. The third-order valence-electron chi connectivity index (χ3n) is 6.48. The number of thiophene rings is 1. The number of para-hydroxylation sites is 1. The minimum absolute atomic E-state index is 0.0550. The van der Waals surface area contributed by atoms with E-state index in [4.69, 9.17) is 4.74 Å². The maximum absolute atomic E-state index is 14.1. The van der Waals surface area contributed by atoms with Crippen LogP contribution in [0.25, 0.3) is 0 Å². The van der Waals surface area contributed by atoms with E-state index in [1.807, 2.05) is 23.3 Å². The average molecular weight is 459 g/mol. The zero-order valence-electron chi connectivity index (χ0n) is 18.6. The van der Waals surface area contributed by atoms with Crippen LogP contribution in [0.1, 0.15) is 55.5 Å². The molecule has 0 unspecified atom stereocenters. The number of nitrogens with zero attached hydrogens (tertiary/aromatic N) is 2. The van der Waals surface area contributed by atoms with Gasteiger partial charge in [0.2, 0.25) is 11.8 Å². The summed E-state index contributed by atoms with van der Waals surface area (Å²) in [4.78, 5) is 31.3. The second kappa shape index (κ2) is 10.5. The number of benzene rings is 1. The average Bonchev–Trinajstić information content (AvgIpc) is 3.49. The summed E-state index contributed by atoms with van der Waals surface area (Å²) in [7, 11) is 0. The fourth-order valence-corrected chi connectivity index (χ4v) is 5.76. The quantitative estimate of drug-likeness (QED) is 0.570. The molecule has 172 valence electrons. The standard InChI is InChI=1S/C25H31FN2O3S/c1-2-13-27(25(30)18-7-3-4-8-18)16-24(29)28-14-11-23-19(12-15-32-23)21(28)17-31-22-10-6-5-9-20(22)26/h5-6,9-10,12,15,18,21H,2-4,7-8,11,13-14,16-17H2,1H3/t21-/m0/s1. The van der Waals surface area contributed by atoms with Gasteiger partial charge in [0.15, 0.2) is 11.6 Å². The van der Waals surface area contributed by atoms with Crippen LogP contribution < -0.4 is 4.74 Å². The molecule has 2 heterocycles. The van der Waals surface area contributed by atoms with Gasteiger partial charge in [0.05, 0.1) is 12.6 Å². The lowest BCUT2D eigenvalue weighted by atomic mass is 10.00. The summed E-state index contributed by atoms with van der Waals surface area (Å²) >= 11 is 1.68. The van der Waals surface area contributed by atoms with Gasteiger partial charge in [0, 0.05) is 23.9 Å². The van der Waals surface area contributed by atoms with E-state index in [-0.39, 0.29) is 42.7 Å². The Labute approximate surface area is 193 Å². The number of ether oxygens (including phenoxy) is 1. The Morgan fingerprint density at radius 1 is 1.22 bits per heavy atom. The van der Waals surface area contributed by atoms with Crippen molar-refractivity contribution in [2.75, 3.05) is 26.2 Å². The normalized spacial score (nSPS) is 18.4. The molecule has 1 aromatic heterocycles. The van der Waals surface area contributed by atoms with E-state index in [0.29, 0.717) is 13.1 Å². The van der Waals surface area contributed by atoms with Crippen molar-refractivity contribution in [2.45, 2.75) is 51.5 Å². The monoisotopic (exact) mass is 458 g/mol. The van der Waals surface area contributed by atoms with Crippen molar-refractivity contribution in [3.63, 3.8) is 0 Å². The summed E-state index contributed by atoms with van der Waals surface area (Å²) in [5.74, 6) is -0.123. The second-order valence-corrected chi connectivity index (χ2v) is 9.64. The van der Waals surface area contributed by atoms with Crippen molar-refractivity contribution in [2.24, 2.45) is 5.92 Å². The van der Waals surface area contributed by atoms with Gasteiger partial charge in [-0.05, 0) is 54.8 Å². The van der Waals surface area contributed by atoms with Gasteiger partial charge in [0.25, 0.3) is 0 Å². The molecule has 2 aliphatic rings. The fourth-order valence-electron chi connectivity index (χ4n) is 4.83. The summed E-state index contributed by atoms with van der Waals surface area (Å²) in [6.07, 6.45) is 5.64. The van der Waals surface area contributed by atoms with E-state index >= 15 is 0 Å². The molecule has 1 aliphatic heterocycles. The molecule has 1 fully saturated rings. The molecule has 4 rings (SSSR count). The first-order chi connectivity index (χ1) is 15.6. The Morgan fingerprint density at radius 3 is 2.75 bits per heavy atom. The van der Waals surface area contributed by atoms with Gasteiger partial charge in [-0.3, -0.25) is 9.59 Å². The van der Waals surface area contributed by atoms with Crippen LogP contribution in [0.4, 0.5) is 4.39 Å². The molecule has 0 N–H and O–H groups in total. The Hall–Kier alpha value is -2.41. The maximum atomic E-state index is 14.1. The molecular formula is C25H31FN2O3S. The molecule has 1 aliphatic carbocycles. The fraction of sp³-hybridized carbons (Fsp3) is 0.520. The van der Waals surface area contributed by atoms with E-state index < -0.39 is 5.82 Å². The molecule has 1 atom stereocenters. The van der Waals surface area contributed by atoms with E-state index in [0.717, 1.165) is 44.1 Å². The lowest BCUT2D eigenvalue weighted by Crippen LogP contribution is -2.48. The number of amides is 2. The van der Waals surface area contributed by atoms with Gasteiger partial charge in [0.1, 0.15) is 6.61 Å². The molecule has 5 nitrogen and oxygen atoms in total. The number of rotatable bonds is 8. The minimum Gasteiger partial charge on any atom is -0.488 e. The van der Waals surface area contributed by atoms with Crippen LogP contribution in [-0.4, -0.2) is 47.9 Å². The predicted molar refractivity (Wildman–Crippen MR) is 123 cm³/mol. The van der Waals surface area contributed by atoms with E-state index in [9.17, 15) is 14.0 Å². The first-order valence-corrected chi connectivity index (χ1v) is 12.5. The van der Waals surface area contributed by atoms with Crippen LogP contribution in [0.5, 0.6) is 5.75 Å². The maximum Gasteiger partial charge on any atom is 0.242 e. The number of halogens is 1. The Bertz CT molecular complexity index is 941. The summed E-state index contributed by atoms with van der Waals surface area (Å²) in [5, 5.41) is 2.03. The summed E-state index contributed by atoms with van der Waals surface area (Å²) in [6.45, 7) is 3.48. The SMILES string of the molecule is CCCN(CC(=O)N1CCc2sccc2[C@@H]1COc1ccccc1F)C(=O)C1CCCC1.